The lowest BCUT2D eigenvalue weighted by Crippen LogP contribution is -1.97. The van der Waals surface area contributed by atoms with E-state index in [-0.39, 0.29) is 0 Å². The van der Waals surface area contributed by atoms with Crippen molar-refractivity contribution >= 4 is 0 Å². The van der Waals surface area contributed by atoms with Gasteiger partial charge in [-0.25, -0.2) is 9.97 Å². The third-order valence-electron chi connectivity index (χ3n) is 8.55. The van der Waals surface area contributed by atoms with Gasteiger partial charge >= 0.3 is 0 Å². The molecule has 3 heteroatoms. The molecule has 0 radical (unpaired) electrons. The molecule has 8 aromatic rings. The molecule has 2 aromatic heterocycles. The van der Waals surface area contributed by atoms with Crippen LogP contribution in [0.25, 0.3) is 78.4 Å². The minimum atomic E-state index is 0.675. The van der Waals surface area contributed by atoms with Crippen LogP contribution in [-0.2, 0) is 0 Å². The molecule has 48 heavy (non-hydrogen) atoms. The Morgan fingerprint density at radius 1 is 0.271 bits per heavy atom. The van der Waals surface area contributed by atoms with E-state index in [4.69, 9.17) is 9.97 Å². The topological polar surface area (TPSA) is 38.7 Å². The standard InChI is InChI=1S/C45H31N3/c1-4-13-32(14-5-1)35-19-10-20-36(25-35)37-21-11-22-38(26-37)40-27-41(39-23-12-24-46-31-39)29-42(28-40)45-47-43(33-15-6-2-7-16-33)30-44(48-45)34-17-8-3-9-18-34/h1-31H. The van der Waals surface area contributed by atoms with Crippen LogP contribution >= 0.6 is 0 Å². The first-order valence-corrected chi connectivity index (χ1v) is 16.1. The van der Waals surface area contributed by atoms with Gasteiger partial charge in [0, 0.05) is 34.6 Å². The fourth-order valence-corrected chi connectivity index (χ4v) is 6.10. The molecule has 0 amide bonds. The van der Waals surface area contributed by atoms with E-state index in [1.54, 1.807) is 6.20 Å². The Bertz CT molecular complexity index is 2260. The van der Waals surface area contributed by atoms with Crippen molar-refractivity contribution < 1.29 is 0 Å². The van der Waals surface area contributed by atoms with Crippen LogP contribution in [0.4, 0.5) is 0 Å². The smallest absolute Gasteiger partial charge is 0.160 e. The van der Waals surface area contributed by atoms with Crippen molar-refractivity contribution in [2.75, 3.05) is 0 Å². The van der Waals surface area contributed by atoms with Gasteiger partial charge in [0.1, 0.15) is 0 Å². The zero-order valence-electron chi connectivity index (χ0n) is 26.2. The highest BCUT2D eigenvalue weighted by atomic mass is 14.9. The second kappa shape index (κ2) is 13.1. The van der Waals surface area contributed by atoms with Crippen molar-refractivity contribution in [3.63, 3.8) is 0 Å². The predicted molar refractivity (Wildman–Crippen MR) is 198 cm³/mol. The summed E-state index contributed by atoms with van der Waals surface area (Å²) in [6.07, 6.45) is 3.71. The number of rotatable bonds is 7. The molecule has 0 N–H and O–H groups in total. The molecule has 8 rings (SSSR count). The van der Waals surface area contributed by atoms with Crippen LogP contribution in [-0.4, -0.2) is 15.0 Å². The van der Waals surface area contributed by atoms with E-state index in [9.17, 15) is 0 Å². The molecule has 0 aliphatic rings. The summed E-state index contributed by atoms with van der Waals surface area (Å²) in [6, 6.07) is 61.4. The van der Waals surface area contributed by atoms with Gasteiger partial charge in [-0.3, -0.25) is 4.98 Å². The van der Waals surface area contributed by atoms with Crippen molar-refractivity contribution in [1.82, 2.24) is 15.0 Å². The molecule has 0 spiro atoms. The zero-order valence-corrected chi connectivity index (χ0v) is 26.2. The van der Waals surface area contributed by atoms with Gasteiger partial charge in [-0.1, -0.05) is 133 Å². The van der Waals surface area contributed by atoms with E-state index < -0.39 is 0 Å². The van der Waals surface area contributed by atoms with Gasteiger partial charge in [-0.05, 0) is 81.4 Å². The Balaban J connectivity index is 1.28. The summed E-state index contributed by atoms with van der Waals surface area (Å²) in [5.41, 5.74) is 13.8. The first-order valence-electron chi connectivity index (χ1n) is 16.1. The lowest BCUT2D eigenvalue weighted by Gasteiger charge is -2.14. The van der Waals surface area contributed by atoms with E-state index in [0.29, 0.717) is 5.82 Å². The molecule has 2 heterocycles. The van der Waals surface area contributed by atoms with Crippen LogP contribution < -0.4 is 0 Å². The minimum absolute atomic E-state index is 0.675. The third kappa shape index (κ3) is 6.18. The Kier molecular flexibility index (Phi) is 7.92. The molecule has 0 aliphatic carbocycles. The van der Waals surface area contributed by atoms with Gasteiger partial charge < -0.3 is 0 Å². The van der Waals surface area contributed by atoms with E-state index in [2.05, 4.69) is 138 Å². The maximum atomic E-state index is 5.15. The SMILES string of the molecule is c1ccc(-c2cccc(-c3cccc(-c4cc(-c5cccnc5)cc(-c5nc(-c6ccccc6)cc(-c6ccccc6)n5)c4)c3)c2)cc1. The lowest BCUT2D eigenvalue weighted by atomic mass is 9.93. The number of pyridine rings is 1. The Morgan fingerprint density at radius 2 is 0.667 bits per heavy atom. The average Bonchev–Trinajstić information content (AvgIpc) is 3.19. The molecule has 0 saturated carbocycles. The fourth-order valence-electron chi connectivity index (χ4n) is 6.10. The number of benzene rings is 6. The molecule has 0 unspecified atom stereocenters. The summed E-state index contributed by atoms with van der Waals surface area (Å²) in [7, 11) is 0. The van der Waals surface area contributed by atoms with E-state index in [0.717, 1.165) is 55.9 Å². The van der Waals surface area contributed by atoms with Crippen LogP contribution in [0.1, 0.15) is 0 Å². The molecular weight excluding hydrogens is 583 g/mol. The van der Waals surface area contributed by atoms with Crippen molar-refractivity contribution in [1.29, 1.82) is 0 Å². The van der Waals surface area contributed by atoms with E-state index in [1.807, 2.05) is 48.7 Å². The molecule has 0 fully saturated rings. The van der Waals surface area contributed by atoms with Gasteiger partial charge in [0.05, 0.1) is 11.4 Å². The summed E-state index contributed by atoms with van der Waals surface area (Å²) < 4.78 is 0. The monoisotopic (exact) mass is 613 g/mol. The maximum Gasteiger partial charge on any atom is 0.160 e. The number of nitrogens with zero attached hydrogens (tertiary/aromatic N) is 3. The summed E-state index contributed by atoms with van der Waals surface area (Å²) in [5.74, 6) is 0.675. The van der Waals surface area contributed by atoms with Crippen molar-refractivity contribution in [3.8, 4) is 78.4 Å². The first-order chi connectivity index (χ1) is 23.8. The third-order valence-corrected chi connectivity index (χ3v) is 8.55. The highest BCUT2D eigenvalue weighted by Crippen LogP contribution is 2.36. The van der Waals surface area contributed by atoms with Crippen LogP contribution in [0, 0.1) is 0 Å². The van der Waals surface area contributed by atoms with Crippen LogP contribution in [0.5, 0.6) is 0 Å². The number of aromatic nitrogens is 3. The van der Waals surface area contributed by atoms with Gasteiger partial charge in [0.2, 0.25) is 0 Å². The normalized spacial score (nSPS) is 10.9. The zero-order chi connectivity index (χ0) is 32.1. The second-order valence-electron chi connectivity index (χ2n) is 11.8. The quantitative estimate of drug-likeness (QED) is 0.179. The van der Waals surface area contributed by atoms with Crippen LogP contribution in [0.2, 0.25) is 0 Å². The minimum Gasteiger partial charge on any atom is -0.264 e. The molecule has 0 saturated heterocycles. The molecule has 3 nitrogen and oxygen atoms in total. The summed E-state index contributed by atoms with van der Waals surface area (Å²) in [6.45, 7) is 0. The fraction of sp³-hybridized carbons (Fsp3) is 0. The lowest BCUT2D eigenvalue weighted by molar-refractivity contribution is 1.18. The molecule has 0 atom stereocenters. The largest absolute Gasteiger partial charge is 0.264 e. The van der Waals surface area contributed by atoms with Crippen LogP contribution in [0.15, 0.2) is 188 Å². The maximum absolute atomic E-state index is 5.15. The highest BCUT2D eigenvalue weighted by Gasteiger charge is 2.14. The van der Waals surface area contributed by atoms with Crippen LogP contribution in [0.3, 0.4) is 0 Å². The van der Waals surface area contributed by atoms with Gasteiger partial charge in [0.15, 0.2) is 5.82 Å². The predicted octanol–water partition coefficient (Wildman–Crippen LogP) is 11.5. The summed E-state index contributed by atoms with van der Waals surface area (Å²) >= 11 is 0. The van der Waals surface area contributed by atoms with E-state index in [1.165, 1.54) is 16.7 Å². The molecule has 0 bridgehead atoms. The number of hydrogen-bond donors (Lipinski definition) is 0. The average molecular weight is 614 g/mol. The van der Waals surface area contributed by atoms with Crippen molar-refractivity contribution in [2.45, 2.75) is 0 Å². The van der Waals surface area contributed by atoms with Gasteiger partial charge in [-0.15, -0.1) is 0 Å². The van der Waals surface area contributed by atoms with Gasteiger partial charge in [0.25, 0.3) is 0 Å². The Labute approximate surface area is 280 Å². The van der Waals surface area contributed by atoms with Crippen molar-refractivity contribution in [3.05, 3.63) is 188 Å². The molecule has 6 aromatic carbocycles. The van der Waals surface area contributed by atoms with Crippen molar-refractivity contribution in [2.24, 2.45) is 0 Å². The summed E-state index contributed by atoms with van der Waals surface area (Å²) in [4.78, 5) is 14.7. The highest BCUT2D eigenvalue weighted by molar-refractivity contribution is 5.83. The first kappa shape index (κ1) is 29.0. The second-order valence-corrected chi connectivity index (χ2v) is 11.8. The Morgan fingerprint density at radius 3 is 1.19 bits per heavy atom. The number of hydrogen-bond acceptors (Lipinski definition) is 3. The molecule has 226 valence electrons. The molecular formula is C45H31N3. The van der Waals surface area contributed by atoms with E-state index >= 15 is 0 Å². The molecule has 0 aliphatic heterocycles. The summed E-state index contributed by atoms with van der Waals surface area (Å²) in [5, 5.41) is 0. The van der Waals surface area contributed by atoms with Gasteiger partial charge in [-0.2, -0.15) is 0 Å². The Hall–Kier alpha value is -6.45.